The van der Waals surface area contributed by atoms with Gasteiger partial charge in [0.2, 0.25) is 5.28 Å². The second-order valence-corrected chi connectivity index (χ2v) is 8.78. The smallest absolute Gasteiger partial charge is 0.223 e. The number of nitrogens with zero attached hydrogens (tertiary/aromatic N) is 3. The third-order valence-electron chi connectivity index (χ3n) is 6.52. The van der Waals surface area contributed by atoms with E-state index in [0.717, 1.165) is 33.4 Å². The van der Waals surface area contributed by atoms with Crippen LogP contribution in [0, 0.1) is 0 Å². The number of para-hydroxylation sites is 2. The van der Waals surface area contributed by atoms with Crippen LogP contribution in [0.4, 0.5) is 0 Å². The molecule has 0 spiro atoms. The number of aromatic nitrogens is 3. The number of hydrogen-bond donors (Lipinski definition) is 0. The highest BCUT2D eigenvalue weighted by molar-refractivity contribution is 6.29. The lowest BCUT2D eigenvalue weighted by Crippen LogP contribution is -1.93. The quantitative estimate of drug-likeness (QED) is 0.246. The van der Waals surface area contributed by atoms with E-state index in [-0.39, 0.29) is 5.28 Å². The van der Waals surface area contributed by atoms with E-state index in [2.05, 4.69) is 99.5 Å². The molecule has 5 aromatic carbocycles. The fourth-order valence-electron chi connectivity index (χ4n) is 5.06. The molecule has 0 bridgehead atoms. The average Bonchev–Trinajstić information content (AvgIpc) is 3.23. The van der Waals surface area contributed by atoms with Gasteiger partial charge in [0.05, 0.1) is 22.2 Å². The molecule has 0 aliphatic rings. The molecule has 0 N–H and O–H groups in total. The number of rotatable bonds is 2. The van der Waals surface area contributed by atoms with Gasteiger partial charge in [-0.05, 0) is 58.8 Å². The zero-order chi connectivity index (χ0) is 22.6. The zero-order valence-electron chi connectivity index (χ0n) is 18.1. The van der Waals surface area contributed by atoms with Gasteiger partial charge in [0.15, 0.2) is 0 Å². The lowest BCUT2D eigenvalue weighted by atomic mass is 10.0. The third kappa shape index (κ3) is 2.84. The fraction of sp³-hybridized carbons (Fsp3) is 0. The summed E-state index contributed by atoms with van der Waals surface area (Å²) in [6, 6.07) is 38.1. The molecule has 7 rings (SSSR count). The van der Waals surface area contributed by atoms with E-state index in [9.17, 15) is 0 Å². The number of hydrogen-bond acceptors (Lipinski definition) is 2. The Labute approximate surface area is 200 Å². The van der Waals surface area contributed by atoms with Crippen LogP contribution in [0.3, 0.4) is 0 Å². The fourth-order valence-corrected chi connectivity index (χ4v) is 5.24. The van der Waals surface area contributed by atoms with Gasteiger partial charge >= 0.3 is 0 Å². The molecule has 0 amide bonds. The molecule has 2 aromatic heterocycles. The van der Waals surface area contributed by atoms with Crippen LogP contribution in [0.1, 0.15) is 0 Å². The molecule has 0 unspecified atom stereocenters. The monoisotopic (exact) mass is 455 g/mol. The Balaban J connectivity index is 1.63. The molecule has 34 heavy (non-hydrogen) atoms. The van der Waals surface area contributed by atoms with Gasteiger partial charge in [0, 0.05) is 27.4 Å². The summed E-state index contributed by atoms with van der Waals surface area (Å²) < 4.78 is 2.34. The Kier molecular flexibility index (Phi) is 4.20. The van der Waals surface area contributed by atoms with Gasteiger partial charge in [0.1, 0.15) is 0 Å². The first-order valence-electron chi connectivity index (χ1n) is 11.2. The standard InChI is InChI=1S/C30H18ClN3/c31-30-32-25-13-7-6-12-23(25)29(33-30)20-15-16-26-24(18-20)28-22-11-5-4-8-19(22)14-17-27(28)34(26)21-9-2-1-3-10-21/h1-18H. The van der Waals surface area contributed by atoms with Crippen molar-refractivity contribution < 1.29 is 0 Å². The summed E-state index contributed by atoms with van der Waals surface area (Å²) in [5.41, 5.74) is 6.19. The van der Waals surface area contributed by atoms with E-state index < -0.39 is 0 Å². The molecular formula is C30H18ClN3. The van der Waals surface area contributed by atoms with Gasteiger partial charge in [-0.15, -0.1) is 0 Å². The van der Waals surface area contributed by atoms with Crippen LogP contribution >= 0.6 is 11.6 Å². The molecule has 0 atom stereocenters. The van der Waals surface area contributed by atoms with E-state index in [1.54, 1.807) is 0 Å². The molecule has 2 heterocycles. The lowest BCUT2D eigenvalue weighted by molar-refractivity contribution is 1.18. The second kappa shape index (κ2) is 7.41. The first-order chi connectivity index (χ1) is 16.8. The minimum Gasteiger partial charge on any atom is -0.309 e. The highest BCUT2D eigenvalue weighted by Gasteiger charge is 2.17. The number of benzene rings is 5. The Morgan fingerprint density at radius 2 is 1.32 bits per heavy atom. The van der Waals surface area contributed by atoms with E-state index in [1.807, 2.05) is 24.3 Å². The van der Waals surface area contributed by atoms with Crippen molar-refractivity contribution in [3.63, 3.8) is 0 Å². The molecule has 160 valence electrons. The summed E-state index contributed by atoms with van der Waals surface area (Å²) in [7, 11) is 0. The minimum atomic E-state index is 0.256. The predicted molar refractivity (Wildman–Crippen MR) is 142 cm³/mol. The first kappa shape index (κ1) is 19.3. The molecule has 0 fully saturated rings. The van der Waals surface area contributed by atoms with Crippen molar-refractivity contribution in [2.75, 3.05) is 0 Å². The summed E-state index contributed by atoms with van der Waals surface area (Å²) in [5, 5.41) is 6.13. The minimum absolute atomic E-state index is 0.256. The van der Waals surface area contributed by atoms with Crippen molar-refractivity contribution in [2.24, 2.45) is 0 Å². The first-order valence-corrected chi connectivity index (χ1v) is 11.6. The van der Waals surface area contributed by atoms with Crippen LogP contribution in [0.15, 0.2) is 109 Å². The number of fused-ring (bicyclic) bond motifs is 6. The van der Waals surface area contributed by atoms with Crippen LogP contribution in [0.25, 0.3) is 60.4 Å². The molecule has 0 saturated carbocycles. The number of halogens is 1. The van der Waals surface area contributed by atoms with E-state index in [4.69, 9.17) is 11.6 Å². The maximum Gasteiger partial charge on any atom is 0.223 e. The lowest BCUT2D eigenvalue weighted by Gasteiger charge is -2.09. The second-order valence-electron chi connectivity index (χ2n) is 8.44. The predicted octanol–water partition coefficient (Wildman–Crippen LogP) is 8.20. The molecule has 0 aliphatic heterocycles. The molecule has 0 saturated heterocycles. The van der Waals surface area contributed by atoms with Crippen molar-refractivity contribution in [3.8, 4) is 16.9 Å². The van der Waals surface area contributed by atoms with Crippen LogP contribution in [-0.4, -0.2) is 14.5 Å². The van der Waals surface area contributed by atoms with Gasteiger partial charge in [-0.2, -0.15) is 0 Å². The van der Waals surface area contributed by atoms with Crippen LogP contribution in [0.5, 0.6) is 0 Å². The summed E-state index contributed by atoms with van der Waals surface area (Å²) in [5.74, 6) is 0. The van der Waals surface area contributed by atoms with Gasteiger partial charge in [-0.1, -0.05) is 72.8 Å². The Bertz CT molecular complexity index is 1870. The van der Waals surface area contributed by atoms with Crippen molar-refractivity contribution in [1.29, 1.82) is 0 Å². The Morgan fingerprint density at radius 3 is 2.21 bits per heavy atom. The molecule has 0 radical (unpaired) electrons. The summed E-state index contributed by atoms with van der Waals surface area (Å²) >= 11 is 6.32. The Morgan fingerprint density at radius 1 is 0.588 bits per heavy atom. The largest absolute Gasteiger partial charge is 0.309 e. The molecule has 0 aliphatic carbocycles. The van der Waals surface area contributed by atoms with Gasteiger partial charge in [0.25, 0.3) is 0 Å². The average molecular weight is 456 g/mol. The topological polar surface area (TPSA) is 30.7 Å². The maximum atomic E-state index is 6.32. The Hall–Kier alpha value is -4.21. The maximum absolute atomic E-state index is 6.32. The zero-order valence-corrected chi connectivity index (χ0v) is 18.9. The summed E-state index contributed by atoms with van der Waals surface area (Å²) in [6.07, 6.45) is 0. The van der Waals surface area contributed by atoms with Gasteiger partial charge in [-0.3, -0.25) is 0 Å². The normalized spacial score (nSPS) is 11.7. The van der Waals surface area contributed by atoms with Crippen LogP contribution in [0.2, 0.25) is 5.28 Å². The van der Waals surface area contributed by atoms with Gasteiger partial charge in [-0.25, -0.2) is 9.97 Å². The van der Waals surface area contributed by atoms with E-state index in [1.165, 1.54) is 27.1 Å². The van der Waals surface area contributed by atoms with Crippen molar-refractivity contribution in [3.05, 3.63) is 114 Å². The summed E-state index contributed by atoms with van der Waals surface area (Å²) in [6.45, 7) is 0. The SMILES string of the molecule is Clc1nc(-c2ccc3c(c2)c2c4ccccc4ccc2n3-c2ccccc2)c2ccccc2n1. The highest BCUT2D eigenvalue weighted by atomic mass is 35.5. The van der Waals surface area contributed by atoms with E-state index in [0.29, 0.717) is 0 Å². The van der Waals surface area contributed by atoms with Gasteiger partial charge < -0.3 is 4.57 Å². The van der Waals surface area contributed by atoms with Crippen molar-refractivity contribution in [2.45, 2.75) is 0 Å². The van der Waals surface area contributed by atoms with Crippen LogP contribution < -0.4 is 0 Å². The highest BCUT2D eigenvalue weighted by Crippen LogP contribution is 2.39. The van der Waals surface area contributed by atoms with Crippen molar-refractivity contribution >= 4 is 55.1 Å². The van der Waals surface area contributed by atoms with Crippen LogP contribution in [-0.2, 0) is 0 Å². The molecule has 7 aromatic rings. The van der Waals surface area contributed by atoms with E-state index >= 15 is 0 Å². The summed E-state index contributed by atoms with van der Waals surface area (Å²) in [4.78, 5) is 9.04. The molecule has 4 heteroatoms. The molecular weight excluding hydrogens is 438 g/mol. The van der Waals surface area contributed by atoms with Crippen molar-refractivity contribution in [1.82, 2.24) is 14.5 Å². The third-order valence-corrected chi connectivity index (χ3v) is 6.69. The molecule has 3 nitrogen and oxygen atoms in total.